The summed E-state index contributed by atoms with van der Waals surface area (Å²) in [5, 5.41) is 11.8. The number of aromatic nitrogens is 4. The lowest BCUT2D eigenvalue weighted by Crippen LogP contribution is -2.64. The zero-order chi connectivity index (χ0) is 22.1. The second-order valence-electron chi connectivity index (χ2n) is 8.61. The molecule has 4 aromatic rings. The van der Waals surface area contributed by atoms with E-state index >= 15 is 0 Å². The predicted octanol–water partition coefficient (Wildman–Crippen LogP) is 3.65. The van der Waals surface area contributed by atoms with Crippen LogP contribution in [0.2, 0.25) is 5.02 Å². The monoisotopic (exact) mass is 466 g/mol. The molecule has 162 valence electrons. The van der Waals surface area contributed by atoms with E-state index in [1.54, 1.807) is 0 Å². The van der Waals surface area contributed by atoms with Crippen molar-refractivity contribution in [3.05, 3.63) is 48.0 Å². The van der Waals surface area contributed by atoms with Crippen molar-refractivity contribution in [2.75, 3.05) is 13.1 Å². The highest BCUT2D eigenvalue weighted by molar-refractivity contribution is 7.90. The summed E-state index contributed by atoms with van der Waals surface area (Å²) in [7, 11) is -3.29. The molecule has 0 spiro atoms. The molecule has 1 N–H and O–H groups in total. The molecular weight excluding hydrogens is 448 g/mol. The van der Waals surface area contributed by atoms with Crippen LogP contribution in [0.1, 0.15) is 19.3 Å². The molecule has 0 unspecified atom stereocenters. The summed E-state index contributed by atoms with van der Waals surface area (Å²) in [6, 6.07) is 9.85. The Morgan fingerprint density at radius 2 is 2.03 bits per heavy atom. The highest BCUT2D eigenvalue weighted by Crippen LogP contribution is 2.44. The number of nitrogens with one attached hydrogen (secondary N) is 1. The quantitative estimate of drug-likeness (QED) is 0.483. The molecule has 10 heteroatoms. The highest BCUT2D eigenvalue weighted by Gasteiger charge is 2.53. The predicted molar refractivity (Wildman–Crippen MR) is 122 cm³/mol. The fourth-order valence-corrected chi connectivity index (χ4v) is 6.89. The minimum atomic E-state index is -3.29. The Morgan fingerprint density at radius 3 is 2.78 bits per heavy atom. The molecule has 0 radical (unpaired) electrons. The number of hydrogen-bond acceptors (Lipinski definition) is 5. The van der Waals surface area contributed by atoms with Crippen molar-refractivity contribution in [2.45, 2.75) is 30.1 Å². The summed E-state index contributed by atoms with van der Waals surface area (Å²) < 4.78 is 29.1. The maximum absolute atomic E-state index is 12.8. The van der Waals surface area contributed by atoms with Gasteiger partial charge in [-0.2, -0.15) is 9.57 Å². The molecule has 1 aliphatic carbocycles. The second kappa shape index (κ2) is 6.78. The molecule has 1 aromatic carbocycles. The molecule has 0 amide bonds. The summed E-state index contributed by atoms with van der Waals surface area (Å²) in [6.07, 6.45) is 6.96. The average molecular weight is 467 g/mol. The van der Waals surface area contributed by atoms with Gasteiger partial charge in [-0.05, 0) is 31.0 Å². The van der Waals surface area contributed by atoms with Crippen molar-refractivity contribution in [1.29, 1.82) is 5.26 Å². The zero-order valence-electron chi connectivity index (χ0n) is 17.0. The summed E-state index contributed by atoms with van der Waals surface area (Å²) in [4.78, 5) is 11.9. The number of nitrogens with zero attached hydrogens (tertiary/aromatic N) is 5. The number of sulfonamides is 1. The summed E-state index contributed by atoms with van der Waals surface area (Å²) in [5.41, 5.74) is 2.61. The maximum Gasteiger partial charge on any atom is 0.217 e. The maximum atomic E-state index is 12.8. The molecule has 3 aromatic heterocycles. The third-order valence-electron chi connectivity index (χ3n) is 6.54. The minimum absolute atomic E-state index is 0.197. The van der Waals surface area contributed by atoms with Crippen molar-refractivity contribution >= 4 is 43.6 Å². The van der Waals surface area contributed by atoms with Crippen LogP contribution < -0.4 is 0 Å². The molecule has 0 bridgehead atoms. The molecule has 0 atom stereocenters. The topological polar surface area (TPSA) is 108 Å². The second-order valence-corrected chi connectivity index (χ2v) is 11.3. The molecular formula is C22H19ClN6O2S. The van der Waals surface area contributed by atoms with E-state index in [-0.39, 0.29) is 24.8 Å². The molecule has 8 nitrogen and oxygen atoms in total. The van der Waals surface area contributed by atoms with Crippen molar-refractivity contribution in [3.63, 3.8) is 0 Å². The largest absolute Gasteiger partial charge is 0.346 e. The van der Waals surface area contributed by atoms with Gasteiger partial charge < -0.3 is 9.55 Å². The van der Waals surface area contributed by atoms with Crippen molar-refractivity contribution < 1.29 is 8.42 Å². The number of nitriles is 1. The summed E-state index contributed by atoms with van der Waals surface area (Å²) in [5.74, 6) is 0. The van der Waals surface area contributed by atoms with Gasteiger partial charge >= 0.3 is 0 Å². The van der Waals surface area contributed by atoms with Gasteiger partial charge in [0.15, 0.2) is 0 Å². The van der Waals surface area contributed by atoms with Gasteiger partial charge in [-0.25, -0.2) is 18.4 Å². The van der Waals surface area contributed by atoms with E-state index in [0.717, 1.165) is 46.0 Å². The fourth-order valence-electron chi connectivity index (χ4n) is 4.73. The van der Waals surface area contributed by atoms with Gasteiger partial charge in [0.05, 0.1) is 34.5 Å². The van der Waals surface area contributed by atoms with E-state index in [0.29, 0.717) is 5.02 Å². The van der Waals surface area contributed by atoms with Crippen LogP contribution in [0.4, 0.5) is 0 Å². The number of benzene rings is 1. The number of H-pyrrole nitrogens is 1. The van der Waals surface area contributed by atoms with E-state index in [9.17, 15) is 13.7 Å². The first-order chi connectivity index (χ1) is 15.4. The van der Waals surface area contributed by atoms with Gasteiger partial charge in [-0.3, -0.25) is 0 Å². The van der Waals surface area contributed by atoms with Crippen LogP contribution in [0.5, 0.6) is 0 Å². The van der Waals surface area contributed by atoms with Crippen molar-refractivity contribution in [2.24, 2.45) is 0 Å². The van der Waals surface area contributed by atoms with Gasteiger partial charge in [0.1, 0.15) is 12.0 Å². The van der Waals surface area contributed by atoms with Crippen LogP contribution in [-0.2, 0) is 15.6 Å². The number of hydrogen-bond donors (Lipinski definition) is 1. The van der Waals surface area contributed by atoms with Crippen LogP contribution in [0, 0.1) is 11.3 Å². The Hall–Kier alpha value is -2.93. The van der Waals surface area contributed by atoms with Crippen LogP contribution in [0.3, 0.4) is 0 Å². The Bertz CT molecular complexity index is 1520. The van der Waals surface area contributed by atoms with E-state index in [1.807, 2.05) is 41.2 Å². The molecule has 4 heterocycles. The SMILES string of the molecule is N#CCC1(n2cc(-c3ncnc4[nH]ccc34)c3ccc(Cl)cc32)CN(S(=O)(=O)C2CC2)C1. The third kappa shape index (κ3) is 2.80. The van der Waals surface area contributed by atoms with E-state index in [1.165, 1.54) is 10.6 Å². The molecule has 6 rings (SSSR count). The first-order valence-corrected chi connectivity index (χ1v) is 12.3. The lowest BCUT2D eigenvalue weighted by molar-refractivity contribution is 0.0890. The average Bonchev–Trinajstić information content (AvgIpc) is 3.40. The summed E-state index contributed by atoms with van der Waals surface area (Å²) >= 11 is 6.35. The molecule has 1 saturated heterocycles. The van der Waals surface area contributed by atoms with Gasteiger partial charge in [-0.1, -0.05) is 17.7 Å². The number of rotatable bonds is 5. The minimum Gasteiger partial charge on any atom is -0.346 e. The van der Waals surface area contributed by atoms with Crippen molar-refractivity contribution in [1.82, 2.24) is 23.8 Å². The molecule has 32 heavy (non-hydrogen) atoms. The molecule has 1 saturated carbocycles. The van der Waals surface area contributed by atoms with Crippen LogP contribution in [0.25, 0.3) is 33.2 Å². The first kappa shape index (κ1) is 19.7. The Kier molecular flexibility index (Phi) is 4.18. The van der Waals surface area contributed by atoms with E-state index < -0.39 is 15.6 Å². The first-order valence-electron chi connectivity index (χ1n) is 10.4. The number of fused-ring (bicyclic) bond motifs is 2. The number of aromatic amines is 1. The van der Waals surface area contributed by atoms with Gasteiger partial charge in [0.25, 0.3) is 0 Å². The molecule has 1 aliphatic heterocycles. The number of halogens is 1. The van der Waals surface area contributed by atoms with Crippen LogP contribution in [-0.4, -0.2) is 50.6 Å². The van der Waals surface area contributed by atoms with Gasteiger partial charge in [0, 0.05) is 46.8 Å². The lowest BCUT2D eigenvalue weighted by atomic mass is 9.88. The van der Waals surface area contributed by atoms with E-state index in [4.69, 9.17) is 11.6 Å². The van der Waals surface area contributed by atoms with E-state index in [2.05, 4.69) is 21.0 Å². The fraction of sp³-hybridized carbons (Fsp3) is 0.318. The smallest absolute Gasteiger partial charge is 0.217 e. The normalized spacial score (nSPS) is 18.6. The zero-order valence-corrected chi connectivity index (χ0v) is 18.6. The Balaban J connectivity index is 1.53. The van der Waals surface area contributed by atoms with Gasteiger partial charge in [-0.15, -0.1) is 0 Å². The van der Waals surface area contributed by atoms with Gasteiger partial charge in [0.2, 0.25) is 10.0 Å². The van der Waals surface area contributed by atoms with Crippen LogP contribution in [0.15, 0.2) is 43.0 Å². The van der Waals surface area contributed by atoms with Crippen LogP contribution >= 0.6 is 11.6 Å². The lowest BCUT2D eigenvalue weighted by Gasteiger charge is -2.49. The Morgan fingerprint density at radius 1 is 1.22 bits per heavy atom. The summed E-state index contributed by atoms with van der Waals surface area (Å²) in [6.45, 7) is 0.553. The molecule has 2 aliphatic rings. The third-order valence-corrected chi connectivity index (χ3v) is 9.07. The van der Waals surface area contributed by atoms with Crippen molar-refractivity contribution in [3.8, 4) is 17.3 Å². The molecule has 2 fully saturated rings. The standard InChI is InChI=1S/C22H19ClN6O2S/c23-14-1-4-16-18(20-17-5-8-25-21(17)27-13-26-20)10-29(19(16)9-14)22(6-7-24)11-28(12-22)32(30,31)15-2-3-15/h1,4-5,8-10,13,15H,2-3,6,11-12H2,(H,25,26,27). The Labute approximate surface area is 189 Å². The highest BCUT2D eigenvalue weighted by atomic mass is 35.5.